The lowest BCUT2D eigenvalue weighted by atomic mass is 9.90. The Hall–Kier alpha value is -0.570. The Morgan fingerprint density at radius 2 is 2.45 bits per heavy atom. The topological polar surface area (TPSA) is 51.4 Å². The van der Waals surface area contributed by atoms with E-state index in [1.165, 1.54) is 0 Å². The van der Waals surface area contributed by atoms with Gasteiger partial charge in [0.2, 0.25) is 0 Å². The molecule has 1 saturated heterocycles. The Bertz CT molecular complexity index is 147. The maximum Gasteiger partial charge on any atom is 0.322 e. The van der Waals surface area contributed by atoms with Crippen molar-refractivity contribution in [3.05, 3.63) is 0 Å². The zero-order valence-electron chi connectivity index (χ0n) is 6.79. The van der Waals surface area contributed by atoms with Gasteiger partial charge in [-0.1, -0.05) is 13.3 Å². The zero-order valence-corrected chi connectivity index (χ0v) is 6.79. The van der Waals surface area contributed by atoms with Gasteiger partial charge in [-0.2, -0.15) is 0 Å². The van der Waals surface area contributed by atoms with Crippen LogP contribution in [0.1, 0.15) is 26.2 Å². The number of carbonyl (C=O) groups is 1. The van der Waals surface area contributed by atoms with Gasteiger partial charge in [-0.3, -0.25) is 4.79 Å². The number of hydrogen-bond acceptors (Lipinski definition) is 1. The van der Waals surface area contributed by atoms with E-state index in [0.717, 1.165) is 25.8 Å². The highest BCUT2D eigenvalue weighted by atomic mass is 16.4. The summed E-state index contributed by atoms with van der Waals surface area (Å²) in [5.41, 5.74) is 0. The summed E-state index contributed by atoms with van der Waals surface area (Å²) in [6, 6.07) is -0.423. The number of piperidine rings is 1. The van der Waals surface area contributed by atoms with Crippen molar-refractivity contribution in [2.24, 2.45) is 5.92 Å². The van der Waals surface area contributed by atoms with Crippen molar-refractivity contribution in [2.45, 2.75) is 32.2 Å². The van der Waals surface area contributed by atoms with Gasteiger partial charge < -0.3 is 5.11 Å². The van der Waals surface area contributed by atoms with E-state index in [0.29, 0.717) is 5.92 Å². The first-order valence-corrected chi connectivity index (χ1v) is 4.13. The van der Waals surface area contributed by atoms with E-state index in [1.807, 2.05) is 0 Å². The zero-order chi connectivity index (χ0) is 8.27. The van der Waals surface area contributed by atoms with Crippen LogP contribution in [-0.2, 0) is 4.79 Å². The van der Waals surface area contributed by atoms with Gasteiger partial charge in [0, 0.05) is 6.54 Å². The molecule has 0 saturated carbocycles. The SMILES string of the molecule is CCC1CC[N]C(C(=O)O)C1. The Morgan fingerprint density at radius 3 is 3.00 bits per heavy atom. The molecule has 0 aromatic rings. The normalized spacial score (nSPS) is 31.7. The summed E-state index contributed by atoms with van der Waals surface area (Å²) in [6.45, 7) is 2.84. The number of carboxylic acid groups (broad SMARTS) is 1. The van der Waals surface area contributed by atoms with Crippen molar-refractivity contribution in [3.63, 3.8) is 0 Å². The van der Waals surface area contributed by atoms with Crippen LogP contribution in [-0.4, -0.2) is 23.7 Å². The van der Waals surface area contributed by atoms with Crippen LogP contribution in [0.3, 0.4) is 0 Å². The second kappa shape index (κ2) is 3.72. The molecule has 1 aliphatic heterocycles. The van der Waals surface area contributed by atoms with Gasteiger partial charge in [0.15, 0.2) is 0 Å². The van der Waals surface area contributed by atoms with Gasteiger partial charge >= 0.3 is 5.97 Å². The van der Waals surface area contributed by atoms with Gasteiger partial charge in [-0.15, -0.1) is 0 Å². The predicted molar refractivity (Wildman–Crippen MR) is 41.4 cm³/mol. The number of carboxylic acids is 1. The lowest BCUT2D eigenvalue weighted by Crippen LogP contribution is -2.38. The van der Waals surface area contributed by atoms with Crippen molar-refractivity contribution in [2.75, 3.05) is 6.54 Å². The van der Waals surface area contributed by atoms with E-state index in [2.05, 4.69) is 12.2 Å². The number of nitrogens with zero attached hydrogens (tertiary/aromatic N) is 1. The lowest BCUT2D eigenvalue weighted by Gasteiger charge is -2.25. The summed E-state index contributed by atoms with van der Waals surface area (Å²) in [5, 5.41) is 12.7. The summed E-state index contributed by atoms with van der Waals surface area (Å²) in [4.78, 5) is 10.5. The van der Waals surface area contributed by atoms with Crippen molar-refractivity contribution in [3.8, 4) is 0 Å². The smallest absolute Gasteiger partial charge is 0.322 e. The van der Waals surface area contributed by atoms with Crippen LogP contribution >= 0.6 is 0 Å². The molecule has 63 valence electrons. The third-order valence-electron chi connectivity index (χ3n) is 2.31. The van der Waals surface area contributed by atoms with Gasteiger partial charge in [0.05, 0.1) is 0 Å². The van der Waals surface area contributed by atoms with E-state index >= 15 is 0 Å². The van der Waals surface area contributed by atoms with Crippen molar-refractivity contribution >= 4 is 5.97 Å². The Labute approximate surface area is 66.8 Å². The van der Waals surface area contributed by atoms with Crippen molar-refractivity contribution < 1.29 is 9.90 Å². The summed E-state index contributed by atoms with van der Waals surface area (Å²) in [7, 11) is 0. The molecule has 3 heteroatoms. The summed E-state index contributed by atoms with van der Waals surface area (Å²) in [5.74, 6) is -0.184. The fourth-order valence-electron chi connectivity index (χ4n) is 1.47. The van der Waals surface area contributed by atoms with Gasteiger partial charge in [-0.25, -0.2) is 5.32 Å². The molecule has 0 bridgehead atoms. The molecule has 1 aliphatic rings. The largest absolute Gasteiger partial charge is 0.480 e. The van der Waals surface area contributed by atoms with Crippen molar-refractivity contribution in [1.82, 2.24) is 5.32 Å². The lowest BCUT2D eigenvalue weighted by molar-refractivity contribution is -0.140. The van der Waals surface area contributed by atoms with E-state index in [9.17, 15) is 4.79 Å². The maximum absolute atomic E-state index is 10.5. The Balaban J connectivity index is 2.39. The minimum Gasteiger partial charge on any atom is -0.480 e. The first kappa shape index (κ1) is 8.53. The van der Waals surface area contributed by atoms with E-state index in [-0.39, 0.29) is 0 Å². The van der Waals surface area contributed by atoms with E-state index < -0.39 is 12.0 Å². The number of rotatable bonds is 2. The Kier molecular flexibility index (Phi) is 2.88. The fraction of sp³-hybridized carbons (Fsp3) is 0.875. The van der Waals surface area contributed by atoms with Crippen LogP contribution in [0.4, 0.5) is 0 Å². The maximum atomic E-state index is 10.5. The molecule has 3 nitrogen and oxygen atoms in total. The monoisotopic (exact) mass is 156 g/mol. The molecule has 0 spiro atoms. The van der Waals surface area contributed by atoms with Crippen LogP contribution in [0.25, 0.3) is 0 Å². The average molecular weight is 156 g/mol. The minimum atomic E-state index is -0.761. The van der Waals surface area contributed by atoms with Crippen LogP contribution in [0.5, 0.6) is 0 Å². The second-order valence-corrected chi connectivity index (χ2v) is 3.06. The fourth-order valence-corrected chi connectivity index (χ4v) is 1.47. The van der Waals surface area contributed by atoms with E-state index in [4.69, 9.17) is 5.11 Å². The second-order valence-electron chi connectivity index (χ2n) is 3.06. The molecule has 1 radical (unpaired) electrons. The molecule has 1 heterocycles. The van der Waals surface area contributed by atoms with Crippen LogP contribution in [0, 0.1) is 5.92 Å². The number of aliphatic carboxylic acids is 1. The highest BCUT2D eigenvalue weighted by molar-refractivity contribution is 5.73. The molecule has 0 amide bonds. The number of hydrogen-bond donors (Lipinski definition) is 1. The standard InChI is InChI=1S/C8H14NO2/c1-2-6-3-4-9-7(5-6)8(10)11/h6-7H,2-5H2,1H3,(H,10,11). The predicted octanol–water partition coefficient (Wildman–Crippen LogP) is 0.864. The molecule has 0 aromatic carbocycles. The van der Waals surface area contributed by atoms with Gasteiger partial charge in [0.1, 0.15) is 6.04 Å². The highest BCUT2D eigenvalue weighted by Gasteiger charge is 2.26. The first-order valence-electron chi connectivity index (χ1n) is 4.13. The van der Waals surface area contributed by atoms with Crippen LogP contribution in [0.2, 0.25) is 0 Å². The average Bonchev–Trinajstić information content (AvgIpc) is 2.05. The van der Waals surface area contributed by atoms with Crippen LogP contribution < -0.4 is 5.32 Å². The molecule has 11 heavy (non-hydrogen) atoms. The molecular weight excluding hydrogens is 142 g/mol. The van der Waals surface area contributed by atoms with Crippen LogP contribution in [0.15, 0.2) is 0 Å². The molecule has 1 fully saturated rings. The Morgan fingerprint density at radius 1 is 1.73 bits per heavy atom. The molecule has 0 aliphatic carbocycles. The molecule has 2 unspecified atom stereocenters. The third kappa shape index (κ3) is 2.19. The van der Waals surface area contributed by atoms with Gasteiger partial charge in [-0.05, 0) is 18.8 Å². The molecule has 1 rings (SSSR count). The van der Waals surface area contributed by atoms with E-state index in [1.54, 1.807) is 0 Å². The molecule has 2 atom stereocenters. The molecule has 1 N–H and O–H groups in total. The molecular formula is C8H14NO2. The third-order valence-corrected chi connectivity index (χ3v) is 2.31. The summed E-state index contributed by atoms with van der Waals surface area (Å²) >= 11 is 0. The first-order chi connectivity index (χ1) is 5.24. The highest BCUT2D eigenvalue weighted by Crippen LogP contribution is 2.19. The minimum absolute atomic E-state index is 0.423. The molecule has 0 aromatic heterocycles. The van der Waals surface area contributed by atoms with Crippen molar-refractivity contribution in [1.29, 1.82) is 0 Å². The quantitative estimate of drug-likeness (QED) is 0.644. The summed E-state index contributed by atoms with van der Waals surface area (Å²) < 4.78 is 0. The van der Waals surface area contributed by atoms with Gasteiger partial charge in [0.25, 0.3) is 0 Å². The summed E-state index contributed by atoms with van der Waals surface area (Å²) in [6.07, 6.45) is 2.89.